The lowest BCUT2D eigenvalue weighted by atomic mass is 10.2. The topological polar surface area (TPSA) is 71.3 Å². The summed E-state index contributed by atoms with van der Waals surface area (Å²) in [6.07, 6.45) is 2.78. The van der Waals surface area contributed by atoms with E-state index in [0.717, 1.165) is 37.3 Å². The van der Waals surface area contributed by atoms with Crippen LogP contribution in [0.2, 0.25) is 0 Å². The van der Waals surface area contributed by atoms with Crippen LogP contribution in [0.1, 0.15) is 31.9 Å². The van der Waals surface area contributed by atoms with Gasteiger partial charge in [0.15, 0.2) is 4.67 Å². The third-order valence-electron chi connectivity index (χ3n) is 3.27. The number of halogens is 1. The highest BCUT2D eigenvalue weighted by molar-refractivity contribution is 9.10. The van der Waals surface area contributed by atoms with Crippen molar-refractivity contribution >= 4 is 37.7 Å². The molecule has 0 aromatic carbocycles. The standard InChI is InChI=1S/C13H21BrN2O3S2/c1-2-5-15-9-11-8-12(13(14)19-11)21(17,18)16-10-3-6-20-7-4-10/h8,10,15-16H,2-7,9H2,1H3. The van der Waals surface area contributed by atoms with E-state index in [1.54, 1.807) is 6.07 Å². The maximum absolute atomic E-state index is 12.4. The number of furan rings is 1. The van der Waals surface area contributed by atoms with Crippen molar-refractivity contribution in [2.75, 3.05) is 18.1 Å². The fourth-order valence-corrected chi connectivity index (χ4v) is 5.56. The average Bonchev–Trinajstić information content (AvgIpc) is 2.82. The Kier molecular flexibility index (Phi) is 6.61. The molecule has 120 valence electrons. The van der Waals surface area contributed by atoms with E-state index in [-0.39, 0.29) is 15.6 Å². The van der Waals surface area contributed by atoms with Crippen LogP contribution in [0.3, 0.4) is 0 Å². The van der Waals surface area contributed by atoms with Crippen LogP contribution in [0, 0.1) is 0 Å². The number of thioether (sulfide) groups is 1. The highest BCUT2D eigenvalue weighted by Gasteiger charge is 2.26. The zero-order valence-electron chi connectivity index (χ0n) is 12.0. The van der Waals surface area contributed by atoms with Gasteiger partial charge in [0, 0.05) is 12.1 Å². The highest BCUT2D eigenvalue weighted by Crippen LogP contribution is 2.27. The molecule has 2 heterocycles. The summed E-state index contributed by atoms with van der Waals surface area (Å²) in [5, 5.41) is 3.19. The van der Waals surface area contributed by atoms with E-state index >= 15 is 0 Å². The molecular weight excluding hydrogens is 376 g/mol. The molecule has 1 aromatic heterocycles. The van der Waals surface area contributed by atoms with Crippen molar-refractivity contribution in [1.29, 1.82) is 0 Å². The summed E-state index contributed by atoms with van der Waals surface area (Å²) >= 11 is 5.08. The van der Waals surface area contributed by atoms with E-state index in [1.165, 1.54) is 0 Å². The summed E-state index contributed by atoms with van der Waals surface area (Å²) in [6.45, 7) is 3.48. The number of hydrogen-bond acceptors (Lipinski definition) is 5. The third-order valence-corrected chi connectivity index (χ3v) is 6.69. The van der Waals surface area contributed by atoms with Gasteiger partial charge in [-0.1, -0.05) is 6.92 Å². The molecule has 5 nitrogen and oxygen atoms in total. The molecule has 1 fully saturated rings. The summed E-state index contributed by atoms with van der Waals surface area (Å²) in [7, 11) is -3.53. The van der Waals surface area contributed by atoms with Crippen LogP contribution in [0.5, 0.6) is 0 Å². The Morgan fingerprint density at radius 3 is 2.81 bits per heavy atom. The number of sulfonamides is 1. The maximum Gasteiger partial charge on any atom is 0.245 e. The van der Waals surface area contributed by atoms with Crippen molar-refractivity contribution < 1.29 is 12.8 Å². The lowest BCUT2D eigenvalue weighted by molar-refractivity contribution is 0.460. The minimum atomic E-state index is -3.53. The number of nitrogens with one attached hydrogen (secondary N) is 2. The zero-order chi connectivity index (χ0) is 15.3. The molecule has 0 atom stereocenters. The van der Waals surface area contributed by atoms with Crippen molar-refractivity contribution in [3.05, 3.63) is 16.5 Å². The number of rotatable bonds is 7. The zero-order valence-corrected chi connectivity index (χ0v) is 15.2. The van der Waals surface area contributed by atoms with Crippen molar-refractivity contribution in [3.63, 3.8) is 0 Å². The molecule has 0 saturated carbocycles. The first-order chi connectivity index (χ1) is 10.0. The summed E-state index contributed by atoms with van der Waals surface area (Å²) in [5.74, 6) is 2.63. The Hall–Kier alpha value is -0.0200. The molecule has 1 aliphatic heterocycles. The Bertz CT molecular complexity index is 554. The molecule has 21 heavy (non-hydrogen) atoms. The molecular formula is C13H21BrN2O3S2. The predicted molar refractivity (Wildman–Crippen MR) is 89.1 cm³/mol. The van der Waals surface area contributed by atoms with Gasteiger partial charge in [0.1, 0.15) is 10.7 Å². The van der Waals surface area contributed by atoms with Crippen molar-refractivity contribution in [3.8, 4) is 0 Å². The lowest BCUT2D eigenvalue weighted by Crippen LogP contribution is -2.37. The molecule has 1 aliphatic rings. The predicted octanol–water partition coefficient (Wildman–Crippen LogP) is 2.72. The van der Waals surface area contributed by atoms with E-state index < -0.39 is 10.0 Å². The first-order valence-corrected chi connectivity index (χ1v) is 10.5. The number of hydrogen-bond donors (Lipinski definition) is 2. The summed E-state index contributed by atoms with van der Waals surface area (Å²) in [6, 6.07) is 1.62. The van der Waals surface area contributed by atoms with Gasteiger partial charge in [-0.15, -0.1) is 0 Å². The van der Waals surface area contributed by atoms with Crippen LogP contribution in [0.15, 0.2) is 20.0 Å². The average molecular weight is 397 g/mol. The van der Waals surface area contributed by atoms with Gasteiger partial charge < -0.3 is 9.73 Å². The largest absolute Gasteiger partial charge is 0.452 e. The third kappa shape index (κ3) is 4.99. The van der Waals surface area contributed by atoms with Crippen LogP contribution >= 0.6 is 27.7 Å². The molecule has 0 unspecified atom stereocenters. The molecule has 0 radical (unpaired) electrons. The first-order valence-electron chi connectivity index (χ1n) is 7.12. The Labute approximate surface area is 138 Å². The Morgan fingerprint density at radius 1 is 1.43 bits per heavy atom. The van der Waals surface area contributed by atoms with Gasteiger partial charge in [0.25, 0.3) is 0 Å². The van der Waals surface area contributed by atoms with Crippen molar-refractivity contribution in [1.82, 2.24) is 10.0 Å². The van der Waals surface area contributed by atoms with Crippen LogP contribution in [0.4, 0.5) is 0 Å². The van der Waals surface area contributed by atoms with Gasteiger partial charge in [-0.05, 0) is 53.2 Å². The van der Waals surface area contributed by atoms with E-state index in [9.17, 15) is 8.42 Å². The van der Waals surface area contributed by atoms with Crippen LogP contribution < -0.4 is 10.0 Å². The van der Waals surface area contributed by atoms with E-state index in [2.05, 4.69) is 32.9 Å². The maximum atomic E-state index is 12.4. The fraction of sp³-hybridized carbons (Fsp3) is 0.692. The molecule has 0 aliphatic carbocycles. The second-order valence-electron chi connectivity index (χ2n) is 5.04. The first kappa shape index (κ1) is 17.3. The normalized spacial score (nSPS) is 17.2. The van der Waals surface area contributed by atoms with Crippen molar-refractivity contribution in [2.24, 2.45) is 0 Å². The van der Waals surface area contributed by atoms with Gasteiger partial charge >= 0.3 is 0 Å². The monoisotopic (exact) mass is 396 g/mol. The SMILES string of the molecule is CCCNCc1cc(S(=O)(=O)NC2CCSCC2)c(Br)o1. The molecule has 2 rings (SSSR count). The van der Waals surface area contributed by atoms with Gasteiger partial charge in [-0.2, -0.15) is 11.8 Å². The van der Waals surface area contributed by atoms with E-state index in [1.807, 2.05) is 11.8 Å². The molecule has 1 saturated heterocycles. The Balaban J connectivity index is 2.04. The summed E-state index contributed by atoms with van der Waals surface area (Å²) in [4.78, 5) is 0.189. The quantitative estimate of drug-likeness (QED) is 0.693. The summed E-state index contributed by atoms with van der Waals surface area (Å²) < 4.78 is 33.4. The summed E-state index contributed by atoms with van der Waals surface area (Å²) in [5.41, 5.74) is 0. The fourth-order valence-electron chi connectivity index (χ4n) is 2.15. The van der Waals surface area contributed by atoms with Gasteiger partial charge in [0.05, 0.1) is 6.54 Å². The second kappa shape index (κ2) is 8.01. The van der Waals surface area contributed by atoms with Gasteiger partial charge in [-0.25, -0.2) is 13.1 Å². The van der Waals surface area contributed by atoms with Gasteiger partial charge in [-0.3, -0.25) is 0 Å². The minimum Gasteiger partial charge on any atom is -0.452 e. The molecule has 0 amide bonds. The van der Waals surface area contributed by atoms with Crippen LogP contribution in [-0.2, 0) is 16.6 Å². The second-order valence-corrected chi connectivity index (χ2v) is 8.66. The smallest absolute Gasteiger partial charge is 0.245 e. The lowest BCUT2D eigenvalue weighted by Gasteiger charge is -2.21. The molecule has 1 aromatic rings. The molecule has 0 bridgehead atoms. The molecule has 8 heteroatoms. The van der Waals surface area contributed by atoms with Crippen LogP contribution in [0.25, 0.3) is 0 Å². The molecule has 0 spiro atoms. The van der Waals surface area contributed by atoms with Crippen molar-refractivity contribution in [2.45, 2.75) is 43.7 Å². The van der Waals surface area contributed by atoms with Gasteiger partial charge in [0.2, 0.25) is 10.0 Å². The highest BCUT2D eigenvalue weighted by atomic mass is 79.9. The molecule has 2 N–H and O–H groups in total. The van der Waals surface area contributed by atoms with Crippen LogP contribution in [-0.4, -0.2) is 32.5 Å². The van der Waals surface area contributed by atoms with E-state index in [0.29, 0.717) is 12.3 Å². The minimum absolute atomic E-state index is 0.0275. The van der Waals surface area contributed by atoms with E-state index in [4.69, 9.17) is 4.42 Å². The Morgan fingerprint density at radius 2 is 2.14 bits per heavy atom.